The van der Waals surface area contributed by atoms with E-state index in [0.717, 1.165) is 19.3 Å². The van der Waals surface area contributed by atoms with E-state index in [1.807, 2.05) is 0 Å². The van der Waals surface area contributed by atoms with Crippen LogP contribution in [0.1, 0.15) is 19.3 Å². The van der Waals surface area contributed by atoms with Crippen molar-refractivity contribution in [3.8, 4) is 0 Å². The predicted molar refractivity (Wildman–Crippen MR) is 52.0 cm³/mol. The van der Waals surface area contributed by atoms with Gasteiger partial charge in [0.2, 0.25) is 0 Å². The van der Waals surface area contributed by atoms with E-state index in [9.17, 15) is 9.59 Å². The van der Waals surface area contributed by atoms with E-state index in [4.69, 9.17) is 0 Å². The molecule has 2 bridgehead atoms. The molecular formula is C11H14O4. The SMILES string of the molecule is COC(=O)OC(=O)C1CC2C=CC1CC2. The summed E-state index contributed by atoms with van der Waals surface area (Å²) in [6.45, 7) is 0. The van der Waals surface area contributed by atoms with Gasteiger partial charge in [-0.15, -0.1) is 0 Å². The Bertz CT molecular complexity index is 308. The van der Waals surface area contributed by atoms with Gasteiger partial charge in [-0.2, -0.15) is 0 Å². The molecule has 0 saturated heterocycles. The average molecular weight is 210 g/mol. The molecule has 82 valence electrons. The maximum atomic E-state index is 11.6. The lowest BCUT2D eigenvalue weighted by Gasteiger charge is -2.35. The molecular weight excluding hydrogens is 196 g/mol. The van der Waals surface area contributed by atoms with Gasteiger partial charge in [0.25, 0.3) is 0 Å². The smallest absolute Gasteiger partial charge is 0.437 e. The molecule has 0 heterocycles. The van der Waals surface area contributed by atoms with Crippen LogP contribution in [0.3, 0.4) is 0 Å². The minimum atomic E-state index is -0.912. The summed E-state index contributed by atoms with van der Waals surface area (Å²) in [6.07, 6.45) is 6.28. The van der Waals surface area contributed by atoms with Crippen molar-refractivity contribution in [2.75, 3.05) is 7.11 Å². The van der Waals surface area contributed by atoms with Crippen molar-refractivity contribution in [2.24, 2.45) is 17.8 Å². The fraction of sp³-hybridized carbons (Fsp3) is 0.636. The zero-order chi connectivity index (χ0) is 10.8. The Kier molecular flexibility index (Phi) is 2.75. The van der Waals surface area contributed by atoms with E-state index in [1.165, 1.54) is 7.11 Å². The van der Waals surface area contributed by atoms with Gasteiger partial charge >= 0.3 is 12.1 Å². The summed E-state index contributed by atoms with van der Waals surface area (Å²) >= 11 is 0. The molecule has 0 aliphatic heterocycles. The summed E-state index contributed by atoms with van der Waals surface area (Å²) in [5, 5.41) is 0. The van der Waals surface area contributed by atoms with Crippen molar-refractivity contribution < 1.29 is 19.1 Å². The Morgan fingerprint density at radius 2 is 2.07 bits per heavy atom. The van der Waals surface area contributed by atoms with E-state index in [0.29, 0.717) is 5.92 Å². The second-order valence-corrected chi connectivity index (χ2v) is 4.10. The first kappa shape index (κ1) is 10.2. The molecule has 1 saturated carbocycles. The maximum Gasteiger partial charge on any atom is 0.515 e. The summed E-state index contributed by atoms with van der Waals surface area (Å²) in [7, 11) is 1.20. The minimum Gasteiger partial charge on any atom is -0.437 e. The van der Waals surface area contributed by atoms with Crippen LogP contribution in [-0.2, 0) is 14.3 Å². The van der Waals surface area contributed by atoms with Crippen molar-refractivity contribution in [3.63, 3.8) is 0 Å². The summed E-state index contributed by atoms with van der Waals surface area (Å²) in [4.78, 5) is 22.4. The van der Waals surface area contributed by atoms with Crippen LogP contribution in [0, 0.1) is 17.8 Å². The lowest BCUT2D eigenvalue weighted by Crippen LogP contribution is -2.34. The van der Waals surface area contributed by atoms with E-state index in [1.54, 1.807) is 0 Å². The highest BCUT2D eigenvalue weighted by molar-refractivity contribution is 5.84. The Hall–Kier alpha value is -1.32. The summed E-state index contributed by atoms with van der Waals surface area (Å²) in [6, 6.07) is 0. The highest BCUT2D eigenvalue weighted by Crippen LogP contribution is 2.40. The highest BCUT2D eigenvalue weighted by atomic mass is 16.7. The number of methoxy groups -OCH3 is 1. The number of carbonyl (C=O) groups excluding carboxylic acids is 2. The normalized spacial score (nSPS) is 32.5. The number of rotatable bonds is 1. The fourth-order valence-corrected chi connectivity index (χ4v) is 2.40. The third kappa shape index (κ3) is 2.03. The van der Waals surface area contributed by atoms with Crippen LogP contribution >= 0.6 is 0 Å². The lowest BCUT2D eigenvalue weighted by atomic mass is 9.69. The summed E-state index contributed by atoms with van der Waals surface area (Å²) in [5.41, 5.74) is 0. The largest absolute Gasteiger partial charge is 0.515 e. The molecule has 0 amide bonds. The third-order valence-corrected chi connectivity index (χ3v) is 3.23. The van der Waals surface area contributed by atoms with Gasteiger partial charge < -0.3 is 9.47 Å². The molecule has 15 heavy (non-hydrogen) atoms. The van der Waals surface area contributed by atoms with Crippen molar-refractivity contribution in [3.05, 3.63) is 12.2 Å². The number of hydrogen-bond donors (Lipinski definition) is 0. The molecule has 0 aromatic heterocycles. The van der Waals surface area contributed by atoms with Gasteiger partial charge in [0.1, 0.15) is 0 Å². The monoisotopic (exact) mass is 210 g/mol. The standard InChI is InChI=1S/C11H14O4/c1-14-11(13)15-10(12)9-6-7-2-4-8(9)5-3-7/h2,4,7-9H,3,5-6H2,1H3. The Balaban J connectivity index is 1.97. The van der Waals surface area contributed by atoms with Crippen molar-refractivity contribution in [2.45, 2.75) is 19.3 Å². The van der Waals surface area contributed by atoms with Gasteiger partial charge in [0.05, 0.1) is 13.0 Å². The first-order valence-electron chi connectivity index (χ1n) is 5.18. The molecule has 3 aliphatic carbocycles. The van der Waals surface area contributed by atoms with Crippen LogP contribution in [0.5, 0.6) is 0 Å². The van der Waals surface area contributed by atoms with Crippen LogP contribution in [0.2, 0.25) is 0 Å². The second kappa shape index (κ2) is 4.04. The van der Waals surface area contributed by atoms with E-state index < -0.39 is 12.1 Å². The first-order valence-corrected chi connectivity index (χ1v) is 5.18. The number of esters is 1. The molecule has 3 rings (SSSR count). The number of hydrogen-bond acceptors (Lipinski definition) is 4. The molecule has 0 spiro atoms. The molecule has 1 fully saturated rings. The zero-order valence-electron chi connectivity index (χ0n) is 8.64. The van der Waals surface area contributed by atoms with E-state index >= 15 is 0 Å². The molecule has 0 radical (unpaired) electrons. The van der Waals surface area contributed by atoms with Crippen LogP contribution < -0.4 is 0 Å². The quantitative estimate of drug-likeness (QED) is 0.377. The Morgan fingerprint density at radius 1 is 1.27 bits per heavy atom. The Morgan fingerprint density at radius 3 is 2.53 bits per heavy atom. The number of allylic oxidation sites excluding steroid dienone is 2. The van der Waals surface area contributed by atoms with Crippen LogP contribution in [-0.4, -0.2) is 19.2 Å². The topological polar surface area (TPSA) is 52.6 Å². The van der Waals surface area contributed by atoms with Gasteiger partial charge in [-0.3, -0.25) is 4.79 Å². The zero-order valence-corrected chi connectivity index (χ0v) is 8.64. The van der Waals surface area contributed by atoms with Crippen molar-refractivity contribution >= 4 is 12.1 Å². The van der Waals surface area contributed by atoms with Gasteiger partial charge in [-0.25, -0.2) is 4.79 Å². The van der Waals surface area contributed by atoms with Gasteiger partial charge in [-0.1, -0.05) is 12.2 Å². The van der Waals surface area contributed by atoms with Crippen LogP contribution in [0.15, 0.2) is 12.2 Å². The van der Waals surface area contributed by atoms with Crippen molar-refractivity contribution in [1.82, 2.24) is 0 Å². The second-order valence-electron chi connectivity index (χ2n) is 4.10. The van der Waals surface area contributed by atoms with Gasteiger partial charge in [0.15, 0.2) is 0 Å². The first-order chi connectivity index (χ1) is 7.20. The van der Waals surface area contributed by atoms with E-state index in [-0.39, 0.29) is 11.8 Å². The molecule has 3 atom stereocenters. The minimum absolute atomic E-state index is 0.159. The molecule has 4 nitrogen and oxygen atoms in total. The van der Waals surface area contributed by atoms with Crippen LogP contribution in [0.25, 0.3) is 0 Å². The third-order valence-electron chi connectivity index (χ3n) is 3.23. The van der Waals surface area contributed by atoms with Gasteiger partial charge in [0, 0.05) is 0 Å². The van der Waals surface area contributed by atoms with E-state index in [2.05, 4.69) is 21.6 Å². The highest BCUT2D eigenvalue weighted by Gasteiger charge is 2.38. The molecule has 0 aromatic carbocycles. The Labute approximate surface area is 88.2 Å². The number of carbonyl (C=O) groups is 2. The summed E-state index contributed by atoms with van der Waals surface area (Å²) < 4.78 is 8.85. The maximum absolute atomic E-state index is 11.6. The number of fused-ring (bicyclic) bond motifs is 2. The predicted octanol–water partition coefficient (Wildman–Crippen LogP) is 1.90. The lowest BCUT2D eigenvalue weighted by molar-refractivity contribution is -0.147. The molecule has 3 unspecified atom stereocenters. The van der Waals surface area contributed by atoms with Crippen molar-refractivity contribution in [1.29, 1.82) is 0 Å². The molecule has 3 aliphatic rings. The fourth-order valence-electron chi connectivity index (χ4n) is 2.40. The summed E-state index contributed by atoms with van der Waals surface area (Å²) in [5.74, 6) is 0.117. The average Bonchev–Trinajstić information content (AvgIpc) is 2.30. The molecule has 0 aromatic rings. The molecule has 0 N–H and O–H groups in total. The van der Waals surface area contributed by atoms with Crippen LogP contribution in [0.4, 0.5) is 4.79 Å². The van der Waals surface area contributed by atoms with Gasteiger partial charge in [-0.05, 0) is 31.1 Å². The molecule has 4 heteroatoms. The number of ether oxygens (including phenoxy) is 2.